The summed E-state index contributed by atoms with van der Waals surface area (Å²) in [6.45, 7) is 0. The van der Waals surface area contributed by atoms with E-state index in [1.54, 1.807) is 19.2 Å². The number of hydrogen-bond acceptors (Lipinski definition) is 6. The molecular weight excluding hydrogens is 412 g/mol. The highest BCUT2D eigenvalue weighted by atomic mass is 32.2. The van der Waals surface area contributed by atoms with Gasteiger partial charge in [0.1, 0.15) is 11.6 Å². The predicted molar refractivity (Wildman–Crippen MR) is 98.2 cm³/mol. The number of alkyl halides is 3. The van der Waals surface area contributed by atoms with Gasteiger partial charge in [0, 0.05) is 11.3 Å². The Morgan fingerprint density at radius 2 is 1.90 bits per heavy atom. The van der Waals surface area contributed by atoms with E-state index in [2.05, 4.69) is 14.7 Å². The molecule has 1 aromatic heterocycles. The number of thioether (sulfide) groups is 1. The van der Waals surface area contributed by atoms with Gasteiger partial charge in [-0.1, -0.05) is 23.4 Å². The third kappa shape index (κ3) is 5.14. The Hall–Kier alpha value is -2.88. The van der Waals surface area contributed by atoms with Crippen LogP contribution >= 0.6 is 11.8 Å². The zero-order chi connectivity index (χ0) is 21.0. The number of rotatable bonds is 7. The minimum Gasteiger partial charge on any atom is -0.497 e. The third-order valence-electron chi connectivity index (χ3n) is 3.86. The highest BCUT2D eigenvalue weighted by molar-refractivity contribution is 7.99. The summed E-state index contributed by atoms with van der Waals surface area (Å²) in [4.78, 5) is 15.5. The SMILES string of the molecule is COc1ccc(CSCC(=O)c2ccc(-c3noc(C(F)(F)F)n3)cc2F)cc1. The Morgan fingerprint density at radius 1 is 1.17 bits per heavy atom. The summed E-state index contributed by atoms with van der Waals surface area (Å²) < 4.78 is 61.1. The van der Waals surface area contributed by atoms with Crippen molar-refractivity contribution in [2.45, 2.75) is 11.9 Å². The lowest BCUT2D eigenvalue weighted by Gasteiger charge is -2.05. The van der Waals surface area contributed by atoms with Crippen molar-refractivity contribution < 1.29 is 31.6 Å². The molecule has 0 radical (unpaired) electrons. The number of carbonyl (C=O) groups excluding carboxylic acids is 1. The number of Topliss-reactive ketones (excluding diaryl/α,β-unsaturated/α-hetero) is 1. The average Bonchev–Trinajstić information content (AvgIpc) is 3.19. The maximum absolute atomic E-state index is 14.3. The fourth-order valence-corrected chi connectivity index (χ4v) is 3.27. The molecule has 0 saturated heterocycles. The summed E-state index contributed by atoms with van der Waals surface area (Å²) in [7, 11) is 1.57. The molecule has 0 saturated carbocycles. The van der Waals surface area contributed by atoms with Crippen LogP contribution < -0.4 is 4.74 Å². The van der Waals surface area contributed by atoms with E-state index in [9.17, 15) is 22.4 Å². The number of benzene rings is 2. The van der Waals surface area contributed by atoms with Crippen LogP contribution in [0.3, 0.4) is 0 Å². The number of halogens is 4. The summed E-state index contributed by atoms with van der Waals surface area (Å²) >= 11 is 1.32. The molecule has 10 heteroatoms. The number of ketones is 1. The third-order valence-corrected chi connectivity index (χ3v) is 4.86. The number of aromatic nitrogens is 2. The second-order valence-electron chi connectivity index (χ2n) is 5.88. The number of methoxy groups -OCH3 is 1. The monoisotopic (exact) mass is 426 g/mol. The van der Waals surface area contributed by atoms with Crippen LogP contribution in [0.2, 0.25) is 0 Å². The van der Waals surface area contributed by atoms with Gasteiger partial charge in [0.25, 0.3) is 0 Å². The van der Waals surface area contributed by atoms with Crippen LogP contribution in [0.4, 0.5) is 17.6 Å². The highest BCUT2D eigenvalue weighted by Gasteiger charge is 2.38. The van der Waals surface area contributed by atoms with Gasteiger partial charge in [-0.05, 0) is 29.8 Å². The summed E-state index contributed by atoms with van der Waals surface area (Å²) in [5.74, 6) is -1.91. The Bertz CT molecular complexity index is 1000. The largest absolute Gasteiger partial charge is 0.497 e. The molecule has 0 spiro atoms. The first-order valence-corrected chi connectivity index (χ1v) is 9.38. The Morgan fingerprint density at radius 3 is 2.48 bits per heavy atom. The van der Waals surface area contributed by atoms with Crippen LogP contribution in [0.5, 0.6) is 5.75 Å². The van der Waals surface area contributed by atoms with E-state index in [4.69, 9.17) is 4.74 Å². The lowest BCUT2D eigenvalue weighted by molar-refractivity contribution is -0.159. The molecule has 5 nitrogen and oxygen atoms in total. The summed E-state index contributed by atoms with van der Waals surface area (Å²) in [6, 6.07) is 10.7. The number of nitrogens with zero attached hydrogens (tertiary/aromatic N) is 2. The van der Waals surface area contributed by atoms with E-state index >= 15 is 0 Å². The predicted octanol–water partition coefficient (Wildman–Crippen LogP) is 5.02. The fraction of sp³-hybridized carbons (Fsp3) is 0.211. The molecule has 0 aliphatic heterocycles. The van der Waals surface area contributed by atoms with Crippen molar-refractivity contribution in [1.82, 2.24) is 10.1 Å². The van der Waals surface area contributed by atoms with Crippen molar-refractivity contribution in [3.8, 4) is 17.1 Å². The van der Waals surface area contributed by atoms with Gasteiger partial charge in [0.15, 0.2) is 5.78 Å². The molecule has 1 heterocycles. The molecule has 2 aromatic carbocycles. The molecule has 0 amide bonds. The maximum atomic E-state index is 14.3. The Kier molecular flexibility index (Phi) is 6.21. The topological polar surface area (TPSA) is 65.2 Å². The Labute approximate surface area is 167 Å². The van der Waals surface area contributed by atoms with Crippen molar-refractivity contribution in [3.63, 3.8) is 0 Å². The lowest BCUT2D eigenvalue weighted by atomic mass is 10.1. The van der Waals surface area contributed by atoms with Gasteiger partial charge in [-0.15, -0.1) is 11.8 Å². The summed E-state index contributed by atoms with van der Waals surface area (Å²) in [5.41, 5.74) is 0.803. The highest BCUT2D eigenvalue weighted by Crippen LogP contribution is 2.30. The van der Waals surface area contributed by atoms with E-state index < -0.39 is 29.5 Å². The molecule has 0 bridgehead atoms. The summed E-state index contributed by atoms with van der Waals surface area (Å²) in [5, 5.41) is 3.19. The standard InChI is InChI=1S/C19H14F4N2O3S/c1-27-13-5-2-11(3-6-13)9-29-10-16(26)14-7-4-12(8-15(14)20)17-24-18(28-25-17)19(21,22)23/h2-8H,9-10H2,1H3. The van der Waals surface area contributed by atoms with Gasteiger partial charge in [-0.3, -0.25) is 4.79 Å². The van der Waals surface area contributed by atoms with Gasteiger partial charge in [-0.2, -0.15) is 18.2 Å². The molecule has 3 rings (SSSR count). The second-order valence-corrected chi connectivity index (χ2v) is 6.87. The van der Waals surface area contributed by atoms with E-state index in [1.807, 2.05) is 12.1 Å². The molecule has 3 aromatic rings. The smallest absolute Gasteiger partial charge is 0.471 e. The van der Waals surface area contributed by atoms with E-state index in [0.717, 1.165) is 17.4 Å². The molecule has 0 atom stereocenters. The van der Waals surface area contributed by atoms with Gasteiger partial charge in [0.05, 0.1) is 18.4 Å². The van der Waals surface area contributed by atoms with Crippen molar-refractivity contribution in [1.29, 1.82) is 0 Å². The van der Waals surface area contributed by atoms with Gasteiger partial charge >= 0.3 is 12.1 Å². The quantitative estimate of drug-likeness (QED) is 0.391. The van der Waals surface area contributed by atoms with E-state index in [-0.39, 0.29) is 16.9 Å². The number of carbonyl (C=O) groups is 1. The van der Waals surface area contributed by atoms with E-state index in [1.165, 1.54) is 23.9 Å². The van der Waals surface area contributed by atoms with Crippen molar-refractivity contribution >= 4 is 17.5 Å². The lowest BCUT2D eigenvalue weighted by Crippen LogP contribution is -2.06. The Balaban J connectivity index is 1.63. The van der Waals surface area contributed by atoms with Crippen LogP contribution in [0.15, 0.2) is 47.0 Å². The second kappa shape index (κ2) is 8.64. The maximum Gasteiger partial charge on any atom is 0.471 e. The summed E-state index contributed by atoms with van der Waals surface area (Å²) in [6.07, 6.45) is -4.79. The fourth-order valence-electron chi connectivity index (χ4n) is 2.40. The molecule has 0 N–H and O–H groups in total. The molecule has 0 aliphatic carbocycles. The van der Waals surface area contributed by atoms with Crippen LogP contribution in [0.1, 0.15) is 21.8 Å². The van der Waals surface area contributed by atoms with Crippen molar-refractivity contribution in [2.75, 3.05) is 12.9 Å². The number of ether oxygens (including phenoxy) is 1. The first kappa shape index (κ1) is 20.8. The molecule has 152 valence electrons. The zero-order valence-corrected chi connectivity index (χ0v) is 15.8. The number of hydrogen-bond donors (Lipinski definition) is 0. The van der Waals surface area contributed by atoms with Crippen molar-refractivity contribution in [3.05, 3.63) is 65.3 Å². The van der Waals surface area contributed by atoms with Crippen LogP contribution in [-0.2, 0) is 11.9 Å². The van der Waals surface area contributed by atoms with Gasteiger partial charge in [0.2, 0.25) is 5.82 Å². The average molecular weight is 426 g/mol. The first-order chi connectivity index (χ1) is 13.8. The minimum absolute atomic E-state index is 0.0239. The van der Waals surface area contributed by atoms with Crippen LogP contribution in [0.25, 0.3) is 11.4 Å². The molecule has 0 aliphatic rings. The molecule has 0 unspecified atom stereocenters. The van der Waals surface area contributed by atoms with Gasteiger partial charge in [-0.25, -0.2) is 4.39 Å². The van der Waals surface area contributed by atoms with Crippen LogP contribution in [0, 0.1) is 5.82 Å². The van der Waals surface area contributed by atoms with Crippen molar-refractivity contribution in [2.24, 2.45) is 0 Å². The van der Waals surface area contributed by atoms with E-state index in [0.29, 0.717) is 5.75 Å². The minimum atomic E-state index is -4.79. The first-order valence-electron chi connectivity index (χ1n) is 8.22. The molecular formula is C19H14F4N2O3S. The molecule has 29 heavy (non-hydrogen) atoms. The molecule has 0 fully saturated rings. The van der Waals surface area contributed by atoms with Gasteiger partial charge < -0.3 is 9.26 Å². The normalized spacial score (nSPS) is 11.5. The van der Waals surface area contributed by atoms with Crippen LogP contribution in [-0.4, -0.2) is 28.8 Å². The zero-order valence-electron chi connectivity index (χ0n) is 15.0.